The van der Waals surface area contributed by atoms with Crippen LogP contribution >= 0.6 is 11.3 Å². The van der Waals surface area contributed by atoms with Gasteiger partial charge in [-0.05, 0) is 132 Å². The third kappa shape index (κ3) is 7.55. The molecule has 5 heterocycles. The number of fused-ring (bicyclic) bond motifs is 3. The molecule has 4 aliphatic rings. The monoisotopic (exact) mass is 823 g/mol. The second-order valence-electron chi connectivity index (χ2n) is 17.2. The van der Waals surface area contributed by atoms with Crippen molar-refractivity contribution in [2.45, 2.75) is 116 Å². The molecule has 60 heavy (non-hydrogen) atoms. The van der Waals surface area contributed by atoms with Crippen LogP contribution in [0.25, 0.3) is 5.00 Å². The van der Waals surface area contributed by atoms with Crippen LogP contribution in [0.2, 0.25) is 0 Å². The van der Waals surface area contributed by atoms with Crippen LogP contribution < -0.4 is 19.7 Å². The summed E-state index contributed by atoms with van der Waals surface area (Å²) in [4.78, 5) is 22.2. The zero-order valence-corrected chi connectivity index (χ0v) is 36.0. The maximum atomic E-state index is 13.2. The number of carbonyl (C=O) groups excluding carboxylic acids is 1. The summed E-state index contributed by atoms with van der Waals surface area (Å²) in [6.07, 6.45) is 10.1. The van der Waals surface area contributed by atoms with Gasteiger partial charge in [-0.1, -0.05) is 31.2 Å². The Morgan fingerprint density at radius 3 is 2.43 bits per heavy atom. The van der Waals surface area contributed by atoms with Gasteiger partial charge >= 0.3 is 0 Å². The Hall–Kier alpha value is -5.61. The van der Waals surface area contributed by atoms with Crippen LogP contribution in [0.4, 0.5) is 5.82 Å². The first-order valence-electron chi connectivity index (χ1n) is 21.5. The van der Waals surface area contributed by atoms with E-state index in [4.69, 9.17) is 14.5 Å². The van der Waals surface area contributed by atoms with E-state index < -0.39 is 0 Å². The van der Waals surface area contributed by atoms with Crippen molar-refractivity contribution in [2.24, 2.45) is 10.4 Å². The Labute approximate surface area is 356 Å². The zero-order chi connectivity index (χ0) is 41.5. The van der Waals surface area contributed by atoms with Gasteiger partial charge in [0.05, 0.1) is 24.5 Å². The molecule has 0 bridgehead atoms. The number of thiophene rings is 1. The number of aliphatic imine (C=N–C) groups is 1. The molecule has 3 aromatic heterocycles. The fourth-order valence-electron chi connectivity index (χ4n) is 9.91. The molecule has 13 heteroatoms. The number of nitrogens with one attached hydrogen (secondary N) is 1. The molecule has 1 atom stereocenters. The molecule has 1 spiro atoms. The SMILES string of the molecule is CC[C@@H]1N=C(c2ccc(C3CCC4(CC3)CCN(c3ccc(C(=O)NC5CCC(Oc6ccc(C#N)c(OC)c6)CC5)nn3)C4)cc2)c2c(sc(C)c2C)-n2c(C)nnc21. The third-order valence-electron chi connectivity index (χ3n) is 13.6. The van der Waals surface area contributed by atoms with E-state index in [2.05, 4.69) is 86.3 Å². The normalized spacial score (nSPS) is 23.6. The first kappa shape index (κ1) is 39.8. The highest BCUT2D eigenvalue weighted by Gasteiger charge is 2.42. The van der Waals surface area contributed by atoms with E-state index >= 15 is 0 Å². The number of methoxy groups -OCH3 is 1. The topological polar surface area (TPSA) is 143 Å². The molecular weight excluding hydrogens is 771 g/mol. The Morgan fingerprint density at radius 1 is 0.950 bits per heavy atom. The number of aryl methyl sites for hydroxylation is 2. The van der Waals surface area contributed by atoms with E-state index in [0.29, 0.717) is 28.7 Å². The fourth-order valence-corrected chi connectivity index (χ4v) is 11.1. The van der Waals surface area contributed by atoms with Gasteiger partial charge in [-0.15, -0.1) is 31.7 Å². The highest BCUT2D eigenvalue weighted by atomic mass is 32.1. The molecule has 5 aromatic rings. The van der Waals surface area contributed by atoms with Gasteiger partial charge in [0.2, 0.25) is 0 Å². The average molecular weight is 824 g/mol. The number of nitrogens with zero attached hydrogens (tertiary/aromatic N) is 8. The van der Waals surface area contributed by atoms with E-state index in [1.54, 1.807) is 25.3 Å². The number of hydrogen-bond donors (Lipinski definition) is 1. The van der Waals surface area contributed by atoms with Gasteiger partial charge in [-0.25, -0.2) is 0 Å². The van der Waals surface area contributed by atoms with Crippen LogP contribution in [0.3, 0.4) is 0 Å². The average Bonchev–Trinajstić information content (AvgIpc) is 3.93. The lowest BCUT2D eigenvalue weighted by Gasteiger charge is -2.37. The standard InChI is InChI=1S/C47H53N9O3S/c1-6-38-44-54-51-30(4)56(44)46-42(28(2)29(3)60-46)43(50-38)33-9-7-31(8-10-33)32-19-21-47(22-20-32)23-24-55(27-47)41-18-17-39(52-53-41)45(57)49-35-12-15-36(16-13-35)59-37-14-11-34(26-48)40(25-37)58-5/h7-11,14,17-18,25,32,35-36,38H,6,12-13,15-16,19-24,27H2,1-5H3,(H,49,57)/t32?,35?,36?,38-,47?/m0/s1. The van der Waals surface area contributed by atoms with Crippen molar-refractivity contribution in [1.29, 1.82) is 5.26 Å². The highest BCUT2D eigenvalue weighted by Crippen LogP contribution is 2.49. The molecule has 1 amide bonds. The molecule has 3 fully saturated rings. The number of anilines is 1. The first-order valence-corrected chi connectivity index (χ1v) is 22.3. The molecule has 1 saturated heterocycles. The summed E-state index contributed by atoms with van der Waals surface area (Å²) in [5.41, 5.74) is 7.25. The minimum Gasteiger partial charge on any atom is -0.495 e. The molecule has 0 unspecified atom stereocenters. The molecule has 2 aliphatic carbocycles. The summed E-state index contributed by atoms with van der Waals surface area (Å²) in [5.74, 6) is 4.24. The molecule has 2 aromatic carbocycles. The van der Waals surface area contributed by atoms with Gasteiger partial charge in [0.1, 0.15) is 34.4 Å². The lowest BCUT2D eigenvalue weighted by molar-refractivity contribution is 0.0888. The Kier molecular flexibility index (Phi) is 10.9. The van der Waals surface area contributed by atoms with Crippen molar-refractivity contribution in [2.75, 3.05) is 25.1 Å². The maximum absolute atomic E-state index is 13.2. The predicted octanol–water partition coefficient (Wildman–Crippen LogP) is 8.90. The second kappa shape index (κ2) is 16.4. The molecule has 9 rings (SSSR count). The fraction of sp³-hybridized carbons (Fsp3) is 0.468. The summed E-state index contributed by atoms with van der Waals surface area (Å²) in [5, 5.41) is 31.6. The van der Waals surface area contributed by atoms with Crippen molar-refractivity contribution in [3.05, 3.63) is 105 Å². The summed E-state index contributed by atoms with van der Waals surface area (Å²) >= 11 is 1.81. The van der Waals surface area contributed by atoms with E-state index in [9.17, 15) is 10.1 Å². The number of carbonyl (C=O) groups is 1. The van der Waals surface area contributed by atoms with Crippen molar-refractivity contribution in [3.8, 4) is 22.6 Å². The van der Waals surface area contributed by atoms with Crippen molar-refractivity contribution >= 4 is 28.8 Å². The number of nitriles is 1. The molecule has 2 aliphatic heterocycles. The first-order chi connectivity index (χ1) is 29.2. The van der Waals surface area contributed by atoms with Gasteiger partial charge in [0, 0.05) is 41.2 Å². The van der Waals surface area contributed by atoms with Crippen LogP contribution in [0.5, 0.6) is 11.5 Å². The van der Waals surface area contributed by atoms with Gasteiger partial charge < -0.3 is 19.7 Å². The van der Waals surface area contributed by atoms with Crippen LogP contribution in [0.1, 0.15) is 138 Å². The molecule has 2 saturated carbocycles. The Balaban J connectivity index is 0.775. The maximum Gasteiger partial charge on any atom is 0.272 e. The Morgan fingerprint density at radius 2 is 1.73 bits per heavy atom. The van der Waals surface area contributed by atoms with E-state index in [0.717, 1.165) is 80.4 Å². The minimum atomic E-state index is -0.186. The minimum absolute atomic E-state index is 0.0407. The largest absolute Gasteiger partial charge is 0.495 e. The van der Waals surface area contributed by atoms with Gasteiger partial charge in [0.15, 0.2) is 17.3 Å². The number of aromatic nitrogens is 5. The van der Waals surface area contributed by atoms with E-state index in [1.807, 2.05) is 30.4 Å². The number of benzene rings is 2. The van der Waals surface area contributed by atoms with E-state index in [1.165, 1.54) is 52.3 Å². The molecule has 12 nitrogen and oxygen atoms in total. The number of rotatable bonds is 9. The summed E-state index contributed by atoms with van der Waals surface area (Å²) in [6, 6.07) is 20.5. The molecule has 0 radical (unpaired) electrons. The highest BCUT2D eigenvalue weighted by molar-refractivity contribution is 7.15. The van der Waals surface area contributed by atoms with Crippen LogP contribution in [0.15, 0.2) is 59.6 Å². The number of amides is 1. The number of hydrogen-bond acceptors (Lipinski definition) is 11. The van der Waals surface area contributed by atoms with E-state index in [-0.39, 0.29) is 29.5 Å². The molecule has 310 valence electrons. The summed E-state index contributed by atoms with van der Waals surface area (Å²) in [6.45, 7) is 10.6. The molecular formula is C47H53N9O3S. The second-order valence-corrected chi connectivity index (χ2v) is 18.4. The van der Waals surface area contributed by atoms with Crippen molar-refractivity contribution < 1.29 is 14.3 Å². The zero-order valence-electron chi connectivity index (χ0n) is 35.2. The lowest BCUT2D eigenvalue weighted by Crippen LogP contribution is -2.40. The van der Waals surface area contributed by atoms with Crippen molar-refractivity contribution in [3.63, 3.8) is 0 Å². The summed E-state index contributed by atoms with van der Waals surface area (Å²) < 4.78 is 13.7. The smallest absolute Gasteiger partial charge is 0.272 e. The number of ether oxygens (including phenoxy) is 2. The molecule has 1 N–H and O–H groups in total. The quantitative estimate of drug-likeness (QED) is 0.154. The predicted molar refractivity (Wildman–Crippen MR) is 233 cm³/mol. The van der Waals surface area contributed by atoms with Gasteiger partial charge in [0.25, 0.3) is 5.91 Å². The Bertz CT molecular complexity index is 2450. The van der Waals surface area contributed by atoms with Gasteiger partial charge in [-0.2, -0.15) is 5.26 Å². The van der Waals surface area contributed by atoms with Crippen LogP contribution in [0, 0.1) is 37.5 Å². The van der Waals surface area contributed by atoms with Crippen molar-refractivity contribution in [1.82, 2.24) is 30.3 Å². The van der Waals surface area contributed by atoms with Crippen LogP contribution in [-0.2, 0) is 0 Å². The van der Waals surface area contributed by atoms with Crippen LogP contribution in [-0.4, -0.2) is 68.9 Å². The third-order valence-corrected chi connectivity index (χ3v) is 14.8. The van der Waals surface area contributed by atoms with Gasteiger partial charge in [-0.3, -0.25) is 14.4 Å². The summed E-state index contributed by atoms with van der Waals surface area (Å²) in [7, 11) is 1.55. The lowest BCUT2D eigenvalue weighted by atomic mass is 9.68.